The van der Waals surface area contributed by atoms with Gasteiger partial charge in [0.2, 0.25) is 0 Å². The summed E-state index contributed by atoms with van der Waals surface area (Å²) < 4.78 is 19.0. The number of imide groups is 1. The molecule has 7 heteroatoms. The second kappa shape index (κ2) is 9.43. The Kier molecular flexibility index (Phi) is 6.17. The number of nitrogens with zero attached hydrogens (tertiary/aromatic N) is 1. The first kappa shape index (κ1) is 22.9. The van der Waals surface area contributed by atoms with Gasteiger partial charge in [-0.1, -0.05) is 36.4 Å². The van der Waals surface area contributed by atoms with Crippen molar-refractivity contribution in [3.05, 3.63) is 106 Å². The summed E-state index contributed by atoms with van der Waals surface area (Å²) in [5.41, 5.74) is 2.57. The summed E-state index contributed by atoms with van der Waals surface area (Å²) in [5.74, 6) is -1.21. The maximum atomic E-state index is 13.5. The number of carbonyl (C=O) groups excluding carboxylic acids is 3. The van der Waals surface area contributed by atoms with Gasteiger partial charge in [0.25, 0.3) is 17.7 Å². The molecule has 3 aromatic carbocycles. The van der Waals surface area contributed by atoms with Gasteiger partial charge in [-0.25, -0.2) is 4.39 Å². The van der Waals surface area contributed by atoms with E-state index in [1.165, 1.54) is 17.0 Å². The van der Waals surface area contributed by atoms with E-state index in [0.29, 0.717) is 42.0 Å². The van der Waals surface area contributed by atoms with Gasteiger partial charge in [0.15, 0.2) is 0 Å². The SMILES string of the molecule is O=C(NCC1(c2ccc(F)cc2)CCOCC1)c1cccc(CN2C(=O)c3ccccc3C2=O)c1. The average Bonchev–Trinajstić information content (AvgIpc) is 3.13. The van der Waals surface area contributed by atoms with Crippen molar-refractivity contribution in [1.29, 1.82) is 0 Å². The highest BCUT2D eigenvalue weighted by molar-refractivity contribution is 6.21. The highest BCUT2D eigenvalue weighted by Crippen LogP contribution is 2.34. The van der Waals surface area contributed by atoms with Crippen molar-refractivity contribution in [2.24, 2.45) is 0 Å². The number of nitrogens with one attached hydrogen (secondary N) is 1. The first-order valence-electron chi connectivity index (χ1n) is 11.6. The quantitative estimate of drug-likeness (QED) is 0.548. The number of fused-ring (bicyclic) bond motifs is 1. The molecule has 0 bridgehead atoms. The maximum Gasteiger partial charge on any atom is 0.261 e. The highest BCUT2D eigenvalue weighted by atomic mass is 19.1. The van der Waals surface area contributed by atoms with Crippen molar-refractivity contribution < 1.29 is 23.5 Å². The van der Waals surface area contributed by atoms with Crippen LogP contribution < -0.4 is 5.32 Å². The minimum absolute atomic E-state index is 0.0876. The van der Waals surface area contributed by atoms with E-state index in [1.807, 2.05) is 0 Å². The van der Waals surface area contributed by atoms with Gasteiger partial charge in [0, 0.05) is 30.7 Å². The first-order chi connectivity index (χ1) is 17.0. The molecule has 2 heterocycles. The number of benzene rings is 3. The molecule has 3 aromatic rings. The van der Waals surface area contributed by atoms with Crippen LogP contribution in [-0.4, -0.2) is 42.4 Å². The van der Waals surface area contributed by atoms with Gasteiger partial charge in [0.05, 0.1) is 17.7 Å². The van der Waals surface area contributed by atoms with Crippen LogP contribution in [0.4, 0.5) is 4.39 Å². The third kappa shape index (κ3) is 4.47. The molecule has 2 aliphatic heterocycles. The topological polar surface area (TPSA) is 75.7 Å². The lowest BCUT2D eigenvalue weighted by Gasteiger charge is -2.38. The largest absolute Gasteiger partial charge is 0.381 e. The number of rotatable bonds is 6. The normalized spacial score (nSPS) is 16.8. The van der Waals surface area contributed by atoms with E-state index in [-0.39, 0.29) is 35.5 Å². The van der Waals surface area contributed by atoms with Crippen molar-refractivity contribution in [2.45, 2.75) is 24.8 Å². The molecule has 35 heavy (non-hydrogen) atoms. The summed E-state index contributed by atoms with van der Waals surface area (Å²) in [6, 6.07) is 20.1. The molecule has 3 amide bonds. The lowest BCUT2D eigenvalue weighted by atomic mass is 9.74. The van der Waals surface area contributed by atoms with Gasteiger partial charge in [0.1, 0.15) is 5.82 Å². The molecule has 2 aliphatic rings. The van der Waals surface area contributed by atoms with Crippen LogP contribution in [0.25, 0.3) is 0 Å². The van der Waals surface area contributed by atoms with Gasteiger partial charge < -0.3 is 10.1 Å². The smallest absolute Gasteiger partial charge is 0.261 e. The van der Waals surface area contributed by atoms with Crippen molar-refractivity contribution in [2.75, 3.05) is 19.8 Å². The molecule has 1 N–H and O–H groups in total. The third-order valence-corrected chi connectivity index (χ3v) is 6.90. The zero-order chi connectivity index (χ0) is 24.4. The summed E-state index contributed by atoms with van der Waals surface area (Å²) in [7, 11) is 0. The van der Waals surface area contributed by atoms with Gasteiger partial charge in [-0.15, -0.1) is 0 Å². The average molecular weight is 473 g/mol. The fraction of sp³-hybridized carbons (Fsp3) is 0.250. The molecule has 0 aliphatic carbocycles. The van der Waals surface area contributed by atoms with E-state index in [4.69, 9.17) is 4.74 Å². The van der Waals surface area contributed by atoms with Crippen LogP contribution in [0, 0.1) is 5.82 Å². The molecule has 0 spiro atoms. The summed E-state index contributed by atoms with van der Waals surface area (Å²) in [5, 5.41) is 3.04. The number of carbonyl (C=O) groups is 3. The number of hydrogen-bond acceptors (Lipinski definition) is 4. The first-order valence-corrected chi connectivity index (χ1v) is 11.6. The Labute approximate surface area is 202 Å². The highest BCUT2D eigenvalue weighted by Gasteiger charge is 2.36. The number of halogens is 1. The molecular formula is C28H25FN2O4. The molecule has 178 valence electrons. The zero-order valence-corrected chi connectivity index (χ0v) is 19.1. The number of amides is 3. The van der Waals surface area contributed by atoms with Crippen LogP contribution in [0.5, 0.6) is 0 Å². The van der Waals surface area contributed by atoms with Crippen LogP contribution >= 0.6 is 0 Å². The fourth-order valence-corrected chi connectivity index (χ4v) is 4.86. The van der Waals surface area contributed by atoms with Gasteiger partial charge in [-0.2, -0.15) is 0 Å². The van der Waals surface area contributed by atoms with Crippen LogP contribution in [-0.2, 0) is 16.7 Å². The predicted octanol–water partition coefficient (Wildman–Crippen LogP) is 4.10. The summed E-state index contributed by atoms with van der Waals surface area (Å²) in [6.07, 6.45) is 1.44. The molecule has 0 atom stereocenters. The van der Waals surface area contributed by atoms with E-state index >= 15 is 0 Å². The standard InChI is InChI=1S/C28H25FN2O4/c29-22-10-8-21(9-11-22)28(12-14-35-15-13-28)18-30-25(32)20-5-3-4-19(16-20)17-31-26(33)23-6-1-2-7-24(23)27(31)34/h1-11,16H,12-15,17-18H2,(H,30,32). The third-order valence-electron chi connectivity index (χ3n) is 6.90. The van der Waals surface area contributed by atoms with E-state index in [2.05, 4.69) is 5.32 Å². The fourth-order valence-electron chi connectivity index (χ4n) is 4.86. The van der Waals surface area contributed by atoms with E-state index < -0.39 is 0 Å². The molecule has 0 unspecified atom stereocenters. The molecule has 6 nitrogen and oxygen atoms in total. The Morgan fingerprint density at radius 1 is 0.914 bits per heavy atom. The second-order valence-corrected chi connectivity index (χ2v) is 9.02. The number of ether oxygens (including phenoxy) is 1. The van der Waals surface area contributed by atoms with Gasteiger partial charge in [-0.3, -0.25) is 19.3 Å². The van der Waals surface area contributed by atoms with Crippen LogP contribution in [0.15, 0.2) is 72.8 Å². The molecule has 1 fully saturated rings. The molecule has 0 aromatic heterocycles. The maximum absolute atomic E-state index is 13.5. The van der Waals surface area contributed by atoms with Crippen molar-refractivity contribution in [1.82, 2.24) is 10.2 Å². The van der Waals surface area contributed by atoms with Gasteiger partial charge >= 0.3 is 0 Å². The molecule has 0 saturated carbocycles. The second-order valence-electron chi connectivity index (χ2n) is 9.02. The van der Waals surface area contributed by atoms with Crippen molar-refractivity contribution >= 4 is 17.7 Å². The van der Waals surface area contributed by atoms with Crippen LogP contribution in [0.1, 0.15) is 55.0 Å². The Balaban J connectivity index is 1.30. The monoisotopic (exact) mass is 472 g/mol. The van der Waals surface area contributed by atoms with Gasteiger partial charge in [-0.05, 0) is 60.4 Å². The lowest BCUT2D eigenvalue weighted by Crippen LogP contribution is -2.44. The lowest BCUT2D eigenvalue weighted by molar-refractivity contribution is 0.0487. The Bertz CT molecular complexity index is 1250. The van der Waals surface area contributed by atoms with Crippen LogP contribution in [0.2, 0.25) is 0 Å². The van der Waals surface area contributed by atoms with Crippen LogP contribution in [0.3, 0.4) is 0 Å². The zero-order valence-electron chi connectivity index (χ0n) is 19.1. The molecule has 1 saturated heterocycles. The van der Waals surface area contributed by atoms with Crippen molar-refractivity contribution in [3.8, 4) is 0 Å². The minimum Gasteiger partial charge on any atom is -0.381 e. The van der Waals surface area contributed by atoms with E-state index in [9.17, 15) is 18.8 Å². The molecular weight excluding hydrogens is 447 g/mol. The summed E-state index contributed by atoms with van der Waals surface area (Å²) in [6.45, 7) is 1.62. The summed E-state index contributed by atoms with van der Waals surface area (Å²) >= 11 is 0. The summed E-state index contributed by atoms with van der Waals surface area (Å²) in [4.78, 5) is 39.6. The van der Waals surface area contributed by atoms with E-state index in [0.717, 1.165) is 18.4 Å². The van der Waals surface area contributed by atoms with Crippen molar-refractivity contribution in [3.63, 3.8) is 0 Å². The number of hydrogen-bond donors (Lipinski definition) is 1. The predicted molar refractivity (Wildman–Crippen MR) is 128 cm³/mol. The Morgan fingerprint density at radius 3 is 2.23 bits per heavy atom. The molecule has 5 rings (SSSR count). The Hall–Kier alpha value is -3.84. The minimum atomic E-state index is -0.334. The van der Waals surface area contributed by atoms with E-state index in [1.54, 1.807) is 60.7 Å². The Morgan fingerprint density at radius 2 is 1.57 bits per heavy atom. The molecule has 0 radical (unpaired) electrons.